The Kier molecular flexibility index (Phi) is 4.43. The molecule has 160 valence electrons. The lowest BCUT2D eigenvalue weighted by molar-refractivity contribution is -0.384. The summed E-state index contributed by atoms with van der Waals surface area (Å²) in [6, 6.07) is 8.55. The summed E-state index contributed by atoms with van der Waals surface area (Å²) in [5.41, 5.74) is -0.136. The van der Waals surface area contributed by atoms with Crippen LogP contribution in [0.4, 0.5) is 15.8 Å². The second-order valence-electron chi connectivity index (χ2n) is 7.68. The van der Waals surface area contributed by atoms with Gasteiger partial charge in [0.2, 0.25) is 11.8 Å². The molecule has 3 heterocycles. The van der Waals surface area contributed by atoms with Crippen molar-refractivity contribution in [3.63, 3.8) is 0 Å². The zero-order chi connectivity index (χ0) is 22.6. The summed E-state index contributed by atoms with van der Waals surface area (Å²) in [5, 5.41) is 16.8. The highest BCUT2D eigenvalue weighted by Crippen LogP contribution is 2.46. The van der Waals surface area contributed by atoms with Crippen LogP contribution in [0.3, 0.4) is 0 Å². The van der Waals surface area contributed by atoms with E-state index in [2.05, 4.69) is 5.10 Å². The fourth-order valence-corrected chi connectivity index (χ4v) is 4.65. The van der Waals surface area contributed by atoms with Gasteiger partial charge >= 0.3 is 0 Å². The molecule has 0 N–H and O–H groups in total. The molecule has 4 atom stereocenters. The van der Waals surface area contributed by atoms with Crippen LogP contribution in [0.1, 0.15) is 10.4 Å². The van der Waals surface area contributed by atoms with E-state index in [1.54, 1.807) is 12.2 Å². The van der Waals surface area contributed by atoms with Crippen molar-refractivity contribution in [2.45, 2.75) is 12.1 Å². The van der Waals surface area contributed by atoms with Crippen LogP contribution in [-0.2, 0) is 9.59 Å². The van der Waals surface area contributed by atoms with E-state index in [-0.39, 0.29) is 16.9 Å². The number of carbonyl (C=O) groups is 3. The van der Waals surface area contributed by atoms with Gasteiger partial charge in [-0.2, -0.15) is 5.10 Å². The third-order valence-electron chi connectivity index (χ3n) is 5.97. The molecule has 5 rings (SSSR count). The summed E-state index contributed by atoms with van der Waals surface area (Å²) >= 11 is 0. The maximum Gasteiger partial charge on any atom is 0.270 e. The monoisotopic (exact) mass is 434 g/mol. The molecule has 3 aliphatic heterocycles. The van der Waals surface area contributed by atoms with Crippen molar-refractivity contribution in [1.82, 2.24) is 5.01 Å². The number of hydrogen-bond donors (Lipinski definition) is 0. The Morgan fingerprint density at radius 2 is 1.81 bits per heavy atom. The normalized spacial score (nSPS) is 25.8. The molecular weight excluding hydrogens is 419 g/mol. The van der Waals surface area contributed by atoms with E-state index in [4.69, 9.17) is 0 Å². The molecule has 0 aliphatic carbocycles. The van der Waals surface area contributed by atoms with Gasteiger partial charge in [-0.15, -0.1) is 0 Å². The molecule has 32 heavy (non-hydrogen) atoms. The van der Waals surface area contributed by atoms with Crippen LogP contribution < -0.4 is 4.90 Å². The number of hydrazone groups is 1. The number of allylic oxidation sites excluding steroid dienone is 1. The Labute approximate surface area is 180 Å². The Morgan fingerprint density at radius 1 is 1.06 bits per heavy atom. The number of ketones is 1. The molecule has 0 saturated carbocycles. The molecular formula is C22H15FN4O5. The fourth-order valence-electron chi connectivity index (χ4n) is 4.65. The summed E-state index contributed by atoms with van der Waals surface area (Å²) in [4.78, 5) is 51.6. The number of carbonyl (C=O) groups excluding carboxylic acids is 3. The third-order valence-corrected chi connectivity index (χ3v) is 5.97. The second kappa shape index (κ2) is 7.19. The van der Waals surface area contributed by atoms with Crippen molar-refractivity contribution >= 4 is 35.2 Å². The summed E-state index contributed by atoms with van der Waals surface area (Å²) in [6.45, 7) is 0. The highest BCUT2D eigenvalue weighted by atomic mass is 19.1. The minimum Gasteiger partial charge on any atom is -0.292 e. The number of amides is 2. The first-order valence-corrected chi connectivity index (χ1v) is 9.79. The molecule has 9 nitrogen and oxygen atoms in total. The number of imide groups is 1. The van der Waals surface area contributed by atoms with Gasteiger partial charge < -0.3 is 0 Å². The van der Waals surface area contributed by atoms with Crippen LogP contribution in [0.2, 0.25) is 0 Å². The van der Waals surface area contributed by atoms with Gasteiger partial charge in [0.25, 0.3) is 5.69 Å². The third kappa shape index (κ3) is 2.83. The van der Waals surface area contributed by atoms with Crippen molar-refractivity contribution in [1.29, 1.82) is 0 Å². The summed E-state index contributed by atoms with van der Waals surface area (Å²) in [6.07, 6.45) is 4.76. The molecule has 2 fully saturated rings. The maximum absolute atomic E-state index is 13.8. The van der Waals surface area contributed by atoms with Gasteiger partial charge in [0.1, 0.15) is 11.9 Å². The molecule has 2 aromatic rings. The Balaban J connectivity index is 1.58. The number of benzene rings is 2. The van der Waals surface area contributed by atoms with Gasteiger partial charge in [0.05, 0.1) is 28.5 Å². The summed E-state index contributed by atoms with van der Waals surface area (Å²) in [5.74, 6) is -4.30. The zero-order valence-electron chi connectivity index (χ0n) is 16.4. The van der Waals surface area contributed by atoms with E-state index < -0.39 is 52.3 Å². The highest BCUT2D eigenvalue weighted by Gasteiger charge is 2.64. The average Bonchev–Trinajstić information content (AvgIpc) is 3.26. The number of non-ortho nitro benzene ring substituents is 1. The Morgan fingerprint density at radius 3 is 2.56 bits per heavy atom. The predicted molar refractivity (Wildman–Crippen MR) is 110 cm³/mol. The van der Waals surface area contributed by atoms with Crippen molar-refractivity contribution < 1.29 is 23.7 Å². The van der Waals surface area contributed by atoms with E-state index in [0.717, 1.165) is 17.0 Å². The van der Waals surface area contributed by atoms with Crippen molar-refractivity contribution in [3.8, 4) is 0 Å². The number of nitrogens with zero attached hydrogens (tertiary/aromatic N) is 4. The molecule has 0 bridgehead atoms. The molecule has 2 saturated heterocycles. The SMILES string of the molecule is O=C(c1cccc([N+](=O)[O-])c1)[C@H]1[C@@H]2C(=O)N(c3cccc(F)c3)C(=O)[C@@H]2[C@H]2C=CC=NN21. The lowest BCUT2D eigenvalue weighted by Gasteiger charge is -2.30. The number of fused-ring (bicyclic) bond motifs is 3. The molecule has 2 aromatic carbocycles. The molecule has 10 heteroatoms. The number of nitro groups is 1. The maximum atomic E-state index is 13.8. The molecule has 0 unspecified atom stereocenters. The number of Topliss-reactive ketones (excluding diaryl/α,β-unsaturated/α-hetero) is 1. The van der Waals surface area contributed by atoms with E-state index in [1.165, 1.54) is 47.6 Å². The van der Waals surface area contributed by atoms with Crippen LogP contribution >= 0.6 is 0 Å². The largest absolute Gasteiger partial charge is 0.292 e. The van der Waals surface area contributed by atoms with Crippen molar-refractivity contribution in [2.24, 2.45) is 16.9 Å². The minimum absolute atomic E-state index is 0.0396. The predicted octanol–water partition coefficient (Wildman–Crippen LogP) is 2.33. The van der Waals surface area contributed by atoms with E-state index >= 15 is 0 Å². The number of rotatable bonds is 4. The average molecular weight is 434 g/mol. The molecule has 0 spiro atoms. The molecule has 0 radical (unpaired) electrons. The van der Waals surface area contributed by atoms with Gasteiger partial charge in [-0.1, -0.05) is 24.3 Å². The van der Waals surface area contributed by atoms with Gasteiger partial charge in [0, 0.05) is 23.9 Å². The minimum atomic E-state index is -1.14. The molecule has 3 aliphatic rings. The topological polar surface area (TPSA) is 113 Å². The van der Waals surface area contributed by atoms with Crippen LogP contribution in [0.5, 0.6) is 0 Å². The number of nitro benzene ring substituents is 1. The van der Waals surface area contributed by atoms with Crippen molar-refractivity contribution in [2.75, 3.05) is 4.90 Å². The Bertz CT molecular complexity index is 1240. The van der Waals surface area contributed by atoms with Crippen LogP contribution in [0.15, 0.2) is 65.8 Å². The lowest BCUT2D eigenvalue weighted by Crippen LogP contribution is -2.46. The quantitative estimate of drug-likeness (QED) is 0.316. The molecule has 0 aromatic heterocycles. The zero-order valence-corrected chi connectivity index (χ0v) is 16.4. The van der Waals surface area contributed by atoms with E-state index in [0.29, 0.717) is 0 Å². The number of halogens is 1. The summed E-state index contributed by atoms with van der Waals surface area (Å²) in [7, 11) is 0. The first-order chi connectivity index (χ1) is 15.4. The Hall–Kier alpha value is -4.21. The van der Waals surface area contributed by atoms with Gasteiger partial charge in [0.15, 0.2) is 5.78 Å². The highest BCUT2D eigenvalue weighted by molar-refractivity contribution is 6.24. The standard InChI is InChI=1S/C22H15FN4O5/c23-13-5-2-6-14(11-13)25-21(29)17-16-8-3-9-24-26(16)19(18(17)22(25)30)20(28)12-4-1-7-15(10-12)27(31)32/h1-11,16-19H/t16-,17-,18-,19-/m1/s1. The van der Waals surface area contributed by atoms with Gasteiger partial charge in [-0.25, -0.2) is 9.29 Å². The summed E-state index contributed by atoms with van der Waals surface area (Å²) < 4.78 is 13.8. The fraction of sp³-hybridized carbons (Fsp3) is 0.182. The number of anilines is 1. The van der Waals surface area contributed by atoms with Crippen LogP contribution in [0.25, 0.3) is 0 Å². The first kappa shape index (κ1) is 19.7. The van der Waals surface area contributed by atoms with Gasteiger partial charge in [-0.05, 0) is 24.3 Å². The second-order valence-corrected chi connectivity index (χ2v) is 7.68. The van der Waals surface area contributed by atoms with E-state index in [1.807, 2.05) is 0 Å². The van der Waals surface area contributed by atoms with E-state index in [9.17, 15) is 28.9 Å². The van der Waals surface area contributed by atoms with Crippen molar-refractivity contribution in [3.05, 3.63) is 82.2 Å². The van der Waals surface area contributed by atoms with Crippen LogP contribution in [-0.4, -0.2) is 45.8 Å². The lowest BCUT2D eigenvalue weighted by atomic mass is 9.86. The van der Waals surface area contributed by atoms with Gasteiger partial charge in [-0.3, -0.25) is 29.5 Å². The number of hydrogen-bond acceptors (Lipinski definition) is 7. The first-order valence-electron chi connectivity index (χ1n) is 9.79. The smallest absolute Gasteiger partial charge is 0.270 e. The van der Waals surface area contributed by atoms with Crippen LogP contribution in [0, 0.1) is 27.8 Å². The molecule has 2 amide bonds.